The van der Waals surface area contributed by atoms with Crippen LogP contribution in [-0.4, -0.2) is 83.6 Å². The minimum Gasteiger partial charge on any atom is -0.508 e. The number of ether oxygens (including phenoxy) is 2. The SMILES string of the molecule is C#Cc1cccc2cc(O)cc(-c3c(C(F)(F)F)cc4c(N5CC6CCC(C5)N6)nc(OCC5(CN6C[C@H]7C[C@@H]6CO7)CC5)nc4c3F)c12. The summed E-state index contributed by atoms with van der Waals surface area (Å²) in [4.78, 5) is 13.6. The van der Waals surface area contributed by atoms with Crippen molar-refractivity contribution < 1.29 is 32.1 Å². The lowest BCUT2D eigenvalue weighted by Gasteiger charge is -2.34. The lowest BCUT2D eigenvalue weighted by atomic mass is 9.90. The summed E-state index contributed by atoms with van der Waals surface area (Å²) in [6.07, 6.45) is 5.94. The molecule has 49 heavy (non-hydrogen) atoms. The van der Waals surface area contributed by atoms with Gasteiger partial charge in [-0.3, -0.25) is 4.90 Å². The van der Waals surface area contributed by atoms with Gasteiger partial charge in [0.05, 0.1) is 24.9 Å². The van der Waals surface area contributed by atoms with Gasteiger partial charge in [0.25, 0.3) is 0 Å². The molecule has 2 unspecified atom stereocenters. The molecule has 9 rings (SSSR count). The predicted octanol–water partition coefficient (Wildman–Crippen LogP) is 5.87. The van der Waals surface area contributed by atoms with Crippen molar-refractivity contribution in [3.05, 3.63) is 53.3 Å². The molecule has 3 aromatic carbocycles. The van der Waals surface area contributed by atoms with Gasteiger partial charge in [0.1, 0.15) is 17.1 Å². The maximum atomic E-state index is 17.1. The first kappa shape index (κ1) is 30.8. The number of anilines is 1. The summed E-state index contributed by atoms with van der Waals surface area (Å²) >= 11 is 0. The summed E-state index contributed by atoms with van der Waals surface area (Å²) in [5.41, 5.74) is -2.19. The molecule has 0 amide bonds. The Balaban J connectivity index is 1.19. The number of terminal acetylenes is 1. The number of benzene rings is 3. The molecule has 5 heterocycles. The molecule has 254 valence electrons. The van der Waals surface area contributed by atoms with Gasteiger partial charge in [0.15, 0.2) is 5.82 Å². The fourth-order valence-electron chi connectivity index (χ4n) is 8.53. The minimum atomic E-state index is -4.96. The second-order valence-electron chi connectivity index (χ2n) is 14.5. The molecule has 4 atom stereocenters. The average Bonchev–Trinajstić information content (AvgIpc) is 3.33. The van der Waals surface area contributed by atoms with Gasteiger partial charge in [-0.1, -0.05) is 18.1 Å². The van der Waals surface area contributed by atoms with E-state index in [0.29, 0.717) is 31.1 Å². The maximum absolute atomic E-state index is 17.1. The third-order valence-electron chi connectivity index (χ3n) is 11.1. The molecule has 4 saturated heterocycles. The van der Waals surface area contributed by atoms with Crippen molar-refractivity contribution in [2.45, 2.75) is 62.5 Å². The van der Waals surface area contributed by atoms with E-state index >= 15 is 17.6 Å². The highest BCUT2D eigenvalue weighted by molar-refractivity contribution is 6.05. The van der Waals surface area contributed by atoms with E-state index in [4.69, 9.17) is 20.9 Å². The quantitative estimate of drug-likeness (QED) is 0.186. The first-order valence-electron chi connectivity index (χ1n) is 16.9. The van der Waals surface area contributed by atoms with Crippen molar-refractivity contribution in [3.8, 4) is 35.2 Å². The lowest BCUT2D eigenvalue weighted by Crippen LogP contribution is -2.51. The van der Waals surface area contributed by atoms with E-state index in [1.807, 2.05) is 4.90 Å². The largest absolute Gasteiger partial charge is 0.508 e. The molecule has 1 aromatic heterocycles. The van der Waals surface area contributed by atoms with Gasteiger partial charge in [-0.25, -0.2) is 4.39 Å². The van der Waals surface area contributed by atoms with Crippen molar-refractivity contribution in [1.29, 1.82) is 0 Å². The molecule has 12 heteroatoms. The van der Waals surface area contributed by atoms with Gasteiger partial charge in [-0.05, 0) is 67.3 Å². The molecule has 1 aliphatic carbocycles. The molecule has 1 saturated carbocycles. The van der Waals surface area contributed by atoms with Crippen LogP contribution < -0.4 is 15.0 Å². The lowest BCUT2D eigenvalue weighted by molar-refractivity contribution is -0.137. The van der Waals surface area contributed by atoms with Crippen molar-refractivity contribution in [1.82, 2.24) is 20.2 Å². The van der Waals surface area contributed by atoms with E-state index in [1.54, 1.807) is 18.2 Å². The number of nitrogens with zero attached hydrogens (tertiary/aromatic N) is 4. The molecule has 2 N–H and O–H groups in total. The fourth-order valence-corrected chi connectivity index (χ4v) is 8.53. The Labute approximate surface area is 280 Å². The summed E-state index contributed by atoms with van der Waals surface area (Å²) in [7, 11) is 0. The first-order valence-corrected chi connectivity index (χ1v) is 16.9. The monoisotopic (exact) mass is 673 g/mol. The molecule has 4 bridgehead atoms. The van der Waals surface area contributed by atoms with Crippen LogP contribution in [0.2, 0.25) is 0 Å². The summed E-state index contributed by atoms with van der Waals surface area (Å²) < 4.78 is 74.3. The summed E-state index contributed by atoms with van der Waals surface area (Å²) in [5, 5.41) is 14.7. The molecule has 4 aromatic rings. The number of rotatable bonds is 7. The van der Waals surface area contributed by atoms with E-state index in [0.717, 1.165) is 63.9 Å². The van der Waals surface area contributed by atoms with Crippen LogP contribution in [0.25, 0.3) is 32.8 Å². The number of likely N-dealkylation sites (tertiary alicyclic amines) is 1. The Bertz CT molecular complexity index is 2030. The molecular weight excluding hydrogens is 638 g/mol. The predicted molar refractivity (Wildman–Crippen MR) is 176 cm³/mol. The second-order valence-corrected chi connectivity index (χ2v) is 14.5. The number of alkyl halides is 3. The van der Waals surface area contributed by atoms with Crippen LogP contribution in [0.4, 0.5) is 23.4 Å². The number of piperazine rings is 1. The van der Waals surface area contributed by atoms with E-state index in [1.165, 1.54) is 6.07 Å². The minimum absolute atomic E-state index is 0.0434. The number of aromatic hydroxyl groups is 1. The maximum Gasteiger partial charge on any atom is 0.417 e. The summed E-state index contributed by atoms with van der Waals surface area (Å²) in [6.45, 7) is 3.84. The van der Waals surface area contributed by atoms with Crippen LogP contribution >= 0.6 is 0 Å². The van der Waals surface area contributed by atoms with Crippen molar-refractivity contribution in [2.75, 3.05) is 44.3 Å². The molecule has 4 aliphatic heterocycles. The normalized spacial score (nSPS) is 25.7. The highest BCUT2D eigenvalue weighted by atomic mass is 19.4. The fraction of sp³-hybridized carbons (Fsp3) is 0.459. The number of aromatic nitrogens is 2. The number of fused-ring (bicyclic) bond motifs is 6. The third-order valence-corrected chi connectivity index (χ3v) is 11.1. The van der Waals surface area contributed by atoms with E-state index in [9.17, 15) is 5.11 Å². The Hall–Kier alpha value is -4.18. The number of phenols is 1. The zero-order valence-electron chi connectivity index (χ0n) is 26.7. The number of phenolic OH excluding ortho intramolecular Hbond substituents is 1. The van der Waals surface area contributed by atoms with Crippen LogP contribution in [0.15, 0.2) is 36.4 Å². The Morgan fingerprint density at radius 2 is 1.90 bits per heavy atom. The van der Waals surface area contributed by atoms with Gasteiger partial charge in [-0.2, -0.15) is 23.1 Å². The number of halogens is 4. The number of hydrogen-bond acceptors (Lipinski definition) is 8. The number of morpholine rings is 1. The molecule has 8 nitrogen and oxygen atoms in total. The summed E-state index contributed by atoms with van der Waals surface area (Å²) in [5.74, 6) is 1.23. The molecule has 5 fully saturated rings. The smallest absolute Gasteiger partial charge is 0.417 e. The number of nitrogens with one attached hydrogen (secondary N) is 1. The van der Waals surface area contributed by atoms with Gasteiger partial charge in [0, 0.05) is 71.6 Å². The Morgan fingerprint density at radius 1 is 1.10 bits per heavy atom. The topological polar surface area (TPSA) is 83.0 Å². The van der Waals surface area contributed by atoms with Crippen LogP contribution in [0.3, 0.4) is 0 Å². The Morgan fingerprint density at radius 3 is 2.57 bits per heavy atom. The molecule has 5 aliphatic rings. The highest BCUT2D eigenvalue weighted by Gasteiger charge is 2.49. The molecular formula is C37H35F4N5O3. The van der Waals surface area contributed by atoms with Gasteiger partial charge in [0.2, 0.25) is 0 Å². The van der Waals surface area contributed by atoms with Gasteiger partial charge >= 0.3 is 12.2 Å². The van der Waals surface area contributed by atoms with Crippen LogP contribution in [0, 0.1) is 23.6 Å². The van der Waals surface area contributed by atoms with E-state index < -0.39 is 23.1 Å². The zero-order chi connectivity index (χ0) is 33.7. The van der Waals surface area contributed by atoms with E-state index in [2.05, 4.69) is 21.1 Å². The van der Waals surface area contributed by atoms with E-state index in [-0.39, 0.29) is 68.6 Å². The highest BCUT2D eigenvalue weighted by Crippen LogP contribution is 2.49. The van der Waals surface area contributed by atoms with Crippen molar-refractivity contribution >= 4 is 27.5 Å². The summed E-state index contributed by atoms with van der Waals surface area (Å²) in [6, 6.07) is 8.93. The van der Waals surface area contributed by atoms with Crippen LogP contribution in [-0.2, 0) is 10.9 Å². The third kappa shape index (κ3) is 5.34. The van der Waals surface area contributed by atoms with Crippen molar-refractivity contribution in [3.63, 3.8) is 0 Å². The van der Waals surface area contributed by atoms with Crippen molar-refractivity contribution in [2.24, 2.45) is 5.41 Å². The number of hydrogen-bond donors (Lipinski definition) is 2. The van der Waals surface area contributed by atoms with Gasteiger partial charge in [-0.15, -0.1) is 6.42 Å². The zero-order valence-corrected chi connectivity index (χ0v) is 26.7. The average molecular weight is 674 g/mol. The first-order chi connectivity index (χ1) is 23.6. The van der Waals surface area contributed by atoms with Crippen LogP contribution in [0.1, 0.15) is 43.2 Å². The second kappa shape index (κ2) is 11.2. The van der Waals surface area contributed by atoms with Crippen LogP contribution in [0.5, 0.6) is 11.8 Å². The van der Waals surface area contributed by atoms with Gasteiger partial charge < -0.3 is 24.8 Å². The Kier molecular flexibility index (Phi) is 7.03. The molecule has 0 spiro atoms. The standard InChI is InChI=1S/C37H35F4N5O3/c1-2-20-4-3-5-21-10-25(47)12-27(30(20)21)31-29(37(39,40)41)13-28-33(32(31)38)43-35(44-34(28)45-14-22-6-7-23(15-45)42-22)49-19-36(8-9-36)18-46-16-26-11-24(46)17-48-26/h1,3-5,10,12-13,22-24,26,42,47H,6-9,11,14-19H2/t22?,23?,24-,26-/m1/s1. The molecule has 0 radical (unpaired) electrons.